The van der Waals surface area contributed by atoms with Crippen molar-refractivity contribution in [1.29, 1.82) is 0 Å². The molecule has 0 saturated heterocycles. The van der Waals surface area contributed by atoms with Crippen molar-refractivity contribution in [3.8, 4) is 0 Å². The molecule has 0 radical (unpaired) electrons. The number of rotatable bonds is 4. The van der Waals surface area contributed by atoms with Gasteiger partial charge in [0, 0.05) is 18.5 Å². The van der Waals surface area contributed by atoms with Gasteiger partial charge in [-0.25, -0.2) is 0 Å². The van der Waals surface area contributed by atoms with Crippen molar-refractivity contribution in [3.05, 3.63) is 28.8 Å². The van der Waals surface area contributed by atoms with Crippen molar-refractivity contribution in [1.82, 2.24) is 0 Å². The molecule has 1 heterocycles. The maximum atomic E-state index is 11.4. The lowest BCUT2D eigenvalue weighted by Crippen LogP contribution is -2.19. The van der Waals surface area contributed by atoms with Crippen molar-refractivity contribution in [3.63, 3.8) is 0 Å². The van der Waals surface area contributed by atoms with Gasteiger partial charge in [-0.2, -0.15) is 0 Å². The highest BCUT2D eigenvalue weighted by Gasteiger charge is 2.16. The molecule has 0 atom stereocenters. The molecule has 1 aromatic rings. The minimum absolute atomic E-state index is 0.0627. The fourth-order valence-electron chi connectivity index (χ4n) is 2.34. The van der Waals surface area contributed by atoms with Crippen LogP contribution in [0.3, 0.4) is 0 Å². The zero-order valence-electron chi connectivity index (χ0n) is 11.4. The van der Waals surface area contributed by atoms with Crippen LogP contribution in [0.15, 0.2) is 12.1 Å². The molecule has 1 amide bonds. The van der Waals surface area contributed by atoms with Crippen LogP contribution in [0.1, 0.15) is 36.5 Å². The van der Waals surface area contributed by atoms with Gasteiger partial charge >= 0.3 is 5.97 Å². The number of fused-ring (bicyclic) bond motifs is 1. The van der Waals surface area contributed by atoms with Gasteiger partial charge in [-0.1, -0.05) is 6.07 Å². The molecular formula is C15H19NO3. The Morgan fingerprint density at radius 2 is 2.16 bits per heavy atom. The highest BCUT2D eigenvalue weighted by Crippen LogP contribution is 2.26. The Labute approximate surface area is 113 Å². The van der Waals surface area contributed by atoms with Crippen molar-refractivity contribution in [2.45, 2.75) is 39.5 Å². The van der Waals surface area contributed by atoms with E-state index in [1.165, 1.54) is 11.1 Å². The molecule has 1 aromatic carbocycles. The van der Waals surface area contributed by atoms with Gasteiger partial charge in [0.1, 0.15) is 0 Å². The summed E-state index contributed by atoms with van der Waals surface area (Å²) >= 11 is 0. The minimum Gasteiger partial charge on any atom is -0.466 e. The standard InChI is InChI=1S/C15H19NO3/c1-3-19-15(18)7-5-11-9-13-12(8-10(11)2)4-6-14(17)16-13/h8-9H,3-7H2,1-2H3,(H,16,17). The summed E-state index contributed by atoms with van der Waals surface area (Å²) in [6.45, 7) is 4.26. The fraction of sp³-hybridized carbons (Fsp3) is 0.467. The number of amides is 1. The van der Waals surface area contributed by atoms with Gasteiger partial charge in [-0.05, 0) is 49.4 Å². The van der Waals surface area contributed by atoms with Crippen LogP contribution >= 0.6 is 0 Å². The summed E-state index contributed by atoms with van der Waals surface area (Å²) in [4.78, 5) is 22.8. The molecule has 0 spiro atoms. The van der Waals surface area contributed by atoms with E-state index in [2.05, 4.69) is 11.4 Å². The Bertz CT molecular complexity index is 508. The molecule has 19 heavy (non-hydrogen) atoms. The molecular weight excluding hydrogens is 242 g/mol. The zero-order valence-corrected chi connectivity index (χ0v) is 11.4. The molecule has 1 aliphatic heterocycles. The van der Waals surface area contributed by atoms with Crippen molar-refractivity contribution in [2.75, 3.05) is 11.9 Å². The first-order valence-corrected chi connectivity index (χ1v) is 6.68. The SMILES string of the molecule is CCOC(=O)CCc1cc2c(cc1C)CCC(=O)N2. The average Bonchev–Trinajstić information content (AvgIpc) is 2.37. The van der Waals surface area contributed by atoms with E-state index in [9.17, 15) is 9.59 Å². The smallest absolute Gasteiger partial charge is 0.306 e. The van der Waals surface area contributed by atoms with Gasteiger partial charge in [0.15, 0.2) is 0 Å². The molecule has 1 aliphatic rings. The second kappa shape index (κ2) is 5.87. The molecule has 0 saturated carbocycles. The third-order valence-corrected chi connectivity index (χ3v) is 3.36. The molecule has 4 nitrogen and oxygen atoms in total. The molecule has 0 unspecified atom stereocenters. The lowest BCUT2D eigenvalue weighted by molar-refractivity contribution is -0.143. The summed E-state index contributed by atoms with van der Waals surface area (Å²) in [7, 11) is 0. The third kappa shape index (κ3) is 3.34. The second-order valence-corrected chi connectivity index (χ2v) is 4.79. The topological polar surface area (TPSA) is 55.4 Å². The van der Waals surface area contributed by atoms with Crippen LogP contribution in [0, 0.1) is 6.92 Å². The van der Waals surface area contributed by atoms with E-state index in [0.29, 0.717) is 25.9 Å². The Morgan fingerprint density at radius 1 is 1.37 bits per heavy atom. The Balaban J connectivity index is 2.11. The number of nitrogens with one attached hydrogen (secondary N) is 1. The number of carbonyl (C=O) groups excluding carboxylic acids is 2. The molecule has 0 aliphatic carbocycles. The quantitative estimate of drug-likeness (QED) is 0.847. The number of hydrogen-bond acceptors (Lipinski definition) is 3. The minimum atomic E-state index is -0.177. The lowest BCUT2D eigenvalue weighted by Gasteiger charge is -2.19. The summed E-state index contributed by atoms with van der Waals surface area (Å²) in [5, 5.41) is 2.89. The molecule has 4 heteroatoms. The molecule has 1 N–H and O–H groups in total. The van der Waals surface area contributed by atoms with E-state index in [1.54, 1.807) is 6.92 Å². The molecule has 0 fully saturated rings. The lowest BCUT2D eigenvalue weighted by atomic mass is 9.95. The van der Waals surface area contributed by atoms with Gasteiger partial charge < -0.3 is 10.1 Å². The van der Waals surface area contributed by atoms with Crippen molar-refractivity contribution >= 4 is 17.6 Å². The molecule has 0 bridgehead atoms. The summed E-state index contributed by atoms with van der Waals surface area (Å²) < 4.78 is 4.92. The summed E-state index contributed by atoms with van der Waals surface area (Å²) in [6, 6.07) is 4.09. The zero-order chi connectivity index (χ0) is 13.8. The maximum absolute atomic E-state index is 11.4. The largest absolute Gasteiger partial charge is 0.466 e. The molecule has 0 aromatic heterocycles. The summed E-state index contributed by atoms with van der Waals surface area (Å²) in [5.74, 6) is -0.114. The van der Waals surface area contributed by atoms with E-state index in [-0.39, 0.29) is 11.9 Å². The Morgan fingerprint density at radius 3 is 2.89 bits per heavy atom. The van der Waals surface area contributed by atoms with E-state index < -0.39 is 0 Å². The molecule has 102 valence electrons. The van der Waals surface area contributed by atoms with Crippen LogP contribution in [-0.2, 0) is 27.2 Å². The van der Waals surface area contributed by atoms with Crippen LogP contribution in [0.4, 0.5) is 5.69 Å². The number of ether oxygens (including phenoxy) is 1. The first-order chi connectivity index (χ1) is 9.10. The predicted octanol–water partition coefficient (Wildman–Crippen LogP) is 2.38. The van der Waals surface area contributed by atoms with Gasteiger partial charge in [-0.3, -0.25) is 9.59 Å². The van der Waals surface area contributed by atoms with E-state index in [1.807, 2.05) is 13.0 Å². The number of aryl methyl sites for hydroxylation is 3. The van der Waals surface area contributed by atoms with Crippen LogP contribution in [0.5, 0.6) is 0 Å². The van der Waals surface area contributed by atoms with Gasteiger partial charge in [0.2, 0.25) is 5.91 Å². The van der Waals surface area contributed by atoms with Crippen LogP contribution in [-0.4, -0.2) is 18.5 Å². The Kier molecular flexibility index (Phi) is 4.20. The van der Waals surface area contributed by atoms with E-state index in [4.69, 9.17) is 4.74 Å². The highest BCUT2D eigenvalue weighted by atomic mass is 16.5. The van der Waals surface area contributed by atoms with Crippen LogP contribution in [0.2, 0.25) is 0 Å². The number of hydrogen-bond donors (Lipinski definition) is 1. The number of benzene rings is 1. The highest BCUT2D eigenvalue weighted by molar-refractivity contribution is 5.94. The van der Waals surface area contributed by atoms with Crippen molar-refractivity contribution in [2.24, 2.45) is 0 Å². The van der Waals surface area contributed by atoms with Crippen molar-refractivity contribution < 1.29 is 14.3 Å². The van der Waals surface area contributed by atoms with Gasteiger partial charge in [0.05, 0.1) is 6.61 Å². The summed E-state index contributed by atoms with van der Waals surface area (Å²) in [5.41, 5.74) is 4.32. The first kappa shape index (κ1) is 13.6. The average molecular weight is 261 g/mol. The molecule has 2 rings (SSSR count). The summed E-state index contributed by atoms with van der Waals surface area (Å²) in [6.07, 6.45) is 2.37. The normalized spacial score (nSPS) is 13.7. The van der Waals surface area contributed by atoms with E-state index in [0.717, 1.165) is 17.7 Å². The monoisotopic (exact) mass is 261 g/mol. The van der Waals surface area contributed by atoms with Gasteiger partial charge in [0.25, 0.3) is 0 Å². The third-order valence-electron chi connectivity index (χ3n) is 3.36. The maximum Gasteiger partial charge on any atom is 0.306 e. The second-order valence-electron chi connectivity index (χ2n) is 4.79. The van der Waals surface area contributed by atoms with E-state index >= 15 is 0 Å². The van der Waals surface area contributed by atoms with Crippen LogP contribution < -0.4 is 5.32 Å². The van der Waals surface area contributed by atoms with Crippen LogP contribution in [0.25, 0.3) is 0 Å². The number of carbonyl (C=O) groups is 2. The predicted molar refractivity (Wildman–Crippen MR) is 73.1 cm³/mol. The van der Waals surface area contributed by atoms with Gasteiger partial charge in [-0.15, -0.1) is 0 Å². The number of anilines is 1. The fourth-order valence-corrected chi connectivity index (χ4v) is 2.34. The Hall–Kier alpha value is -1.84. The first-order valence-electron chi connectivity index (χ1n) is 6.68. The number of esters is 1.